The van der Waals surface area contributed by atoms with Crippen LogP contribution in [0.5, 0.6) is 0 Å². The SMILES string of the molecule is CC(CN1CCOCC1)N(C)S(=O)(=O)c1ccc(Cl)cc1. The highest BCUT2D eigenvalue weighted by Gasteiger charge is 2.27. The van der Waals surface area contributed by atoms with Crippen LogP contribution in [0.3, 0.4) is 0 Å². The predicted molar refractivity (Wildman–Crippen MR) is 83.1 cm³/mol. The number of hydrogen-bond acceptors (Lipinski definition) is 4. The fraction of sp³-hybridized carbons (Fsp3) is 0.571. The lowest BCUT2D eigenvalue weighted by atomic mass is 10.3. The first-order chi connectivity index (χ1) is 9.91. The van der Waals surface area contributed by atoms with Gasteiger partial charge in [0.2, 0.25) is 10.0 Å². The van der Waals surface area contributed by atoms with Crippen molar-refractivity contribution in [2.75, 3.05) is 39.9 Å². The standard InChI is InChI=1S/C14H21ClN2O3S/c1-12(11-17-7-9-20-10-8-17)16(2)21(18,19)14-5-3-13(15)4-6-14/h3-6,12H,7-11H2,1-2H3. The van der Waals surface area contributed by atoms with Gasteiger partial charge in [-0.25, -0.2) is 8.42 Å². The van der Waals surface area contributed by atoms with Gasteiger partial charge in [0.05, 0.1) is 18.1 Å². The van der Waals surface area contributed by atoms with Gasteiger partial charge in [-0.3, -0.25) is 4.90 Å². The third kappa shape index (κ3) is 4.17. The van der Waals surface area contributed by atoms with Crippen LogP contribution in [-0.2, 0) is 14.8 Å². The Hall–Kier alpha value is -0.660. The van der Waals surface area contributed by atoms with E-state index in [9.17, 15) is 8.42 Å². The minimum atomic E-state index is -3.49. The number of benzene rings is 1. The molecule has 0 amide bonds. The number of morpholine rings is 1. The second kappa shape index (κ2) is 7.07. The van der Waals surface area contributed by atoms with E-state index in [0.717, 1.165) is 13.1 Å². The van der Waals surface area contributed by atoms with Crippen LogP contribution in [0.4, 0.5) is 0 Å². The zero-order chi connectivity index (χ0) is 15.5. The molecular formula is C14H21ClN2O3S. The summed E-state index contributed by atoms with van der Waals surface area (Å²) in [5.74, 6) is 0. The highest BCUT2D eigenvalue weighted by Crippen LogP contribution is 2.19. The van der Waals surface area contributed by atoms with Crippen LogP contribution in [0.2, 0.25) is 5.02 Å². The summed E-state index contributed by atoms with van der Waals surface area (Å²) in [6, 6.07) is 6.15. The molecular weight excluding hydrogens is 312 g/mol. The van der Waals surface area contributed by atoms with Gasteiger partial charge < -0.3 is 4.74 Å². The summed E-state index contributed by atoms with van der Waals surface area (Å²) in [6.07, 6.45) is 0. The lowest BCUT2D eigenvalue weighted by molar-refractivity contribution is 0.0314. The van der Waals surface area contributed by atoms with Crippen molar-refractivity contribution in [3.8, 4) is 0 Å². The molecule has 1 aromatic carbocycles. The van der Waals surface area contributed by atoms with Crippen molar-refractivity contribution in [1.82, 2.24) is 9.21 Å². The van der Waals surface area contributed by atoms with E-state index < -0.39 is 10.0 Å². The van der Waals surface area contributed by atoms with Crippen LogP contribution < -0.4 is 0 Å². The van der Waals surface area contributed by atoms with Gasteiger partial charge in [-0.15, -0.1) is 0 Å². The summed E-state index contributed by atoms with van der Waals surface area (Å²) in [5, 5.41) is 0.526. The van der Waals surface area contributed by atoms with E-state index in [1.807, 2.05) is 6.92 Å². The monoisotopic (exact) mass is 332 g/mol. The van der Waals surface area contributed by atoms with Gasteiger partial charge in [0.1, 0.15) is 0 Å². The molecule has 1 unspecified atom stereocenters. The summed E-state index contributed by atoms with van der Waals surface area (Å²) in [4.78, 5) is 2.49. The molecule has 118 valence electrons. The Balaban J connectivity index is 2.06. The molecule has 2 rings (SSSR count). The lowest BCUT2D eigenvalue weighted by Crippen LogP contribution is -2.46. The van der Waals surface area contributed by atoms with Crippen LogP contribution in [0.25, 0.3) is 0 Å². The van der Waals surface area contributed by atoms with E-state index in [1.54, 1.807) is 19.2 Å². The third-order valence-corrected chi connectivity index (χ3v) is 5.98. The number of nitrogens with zero attached hydrogens (tertiary/aromatic N) is 2. The molecule has 1 saturated heterocycles. The quantitative estimate of drug-likeness (QED) is 0.823. The molecule has 1 aromatic rings. The first-order valence-electron chi connectivity index (χ1n) is 6.95. The Morgan fingerprint density at radius 1 is 1.29 bits per heavy atom. The number of ether oxygens (including phenoxy) is 1. The predicted octanol–water partition coefficient (Wildman–Crippen LogP) is 1.68. The molecule has 0 bridgehead atoms. The van der Waals surface area contributed by atoms with E-state index in [2.05, 4.69) is 4.90 Å². The van der Waals surface area contributed by atoms with E-state index in [-0.39, 0.29) is 10.9 Å². The fourth-order valence-electron chi connectivity index (χ4n) is 2.28. The van der Waals surface area contributed by atoms with E-state index in [4.69, 9.17) is 16.3 Å². The van der Waals surface area contributed by atoms with E-state index in [1.165, 1.54) is 16.4 Å². The van der Waals surface area contributed by atoms with E-state index >= 15 is 0 Å². The summed E-state index contributed by atoms with van der Waals surface area (Å²) >= 11 is 5.81. The summed E-state index contributed by atoms with van der Waals surface area (Å²) < 4.78 is 31.9. The average Bonchev–Trinajstić information content (AvgIpc) is 2.48. The minimum absolute atomic E-state index is 0.108. The average molecular weight is 333 g/mol. The second-order valence-corrected chi connectivity index (χ2v) is 7.67. The van der Waals surface area contributed by atoms with Gasteiger partial charge in [-0.1, -0.05) is 11.6 Å². The van der Waals surface area contributed by atoms with Crippen molar-refractivity contribution in [3.63, 3.8) is 0 Å². The zero-order valence-corrected chi connectivity index (χ0v) is 13.9. The number of rotatable bonds is 5. The molecule has 0 saturated carbocycles. The number of hydrogen-bond donors (Lipinski definition) is 0. The molecule has 0 N–H and O–H groups in total. The van der Waals surface area contributed by atoms with Gasteiger partial charge in [0, 0.05) is 37.7 Å². The number of halogens is 1. The van der Waals surface area contributed by atoms with Crippen molar-refractivity contribution in [1.29, 1.82) is 0 Å². The Labute approximate surface area is 131 Å². The number of sulfonamides is 1. The molecule has 1 aliphatic heterocycles. The van der Waals surface area contributed by atoms with Crippen LogP contribution in [0.1, 0.15) is 6.92 Å². The Morgan fingerprint density at radius 3 is 2.43 bits per heavy atom. The van der Waals surface area contributed by atoms with Crippen LogP contribution >= 0.6 is 11.6 Å². The highest BCUT2D eigenvalue weighted by atomic mass is 35.5. The molecule has 0 aromatic heterocycles. The van der Waals surface area contributed by atoms with E-state index in [0.29, 0.717) is 24.8 Å². The van der Waals surface area contributed by atoms with Crippen molar-refractivity contribution in [2.45, 2.75) is 17.9 Å². The van der Waals surface area contributed by atoms with Crippen LogP contribution in [0.15, 0.2) is 29.2 Å². The maximum absolute atomic E-state index is 12.6. The molecule has 0 spiro atoms. The molecule has 0 radical (unpaired) electrons. The highest BCUT2D eigenvalue weighted by molar-refractivity contribution is 7.89. The molecule has 1 heterocycles. The van der Waals surface area contributed by atoms with Crippen molar-refractivity contribution in [2.24, 2.45) is 0 Å². The first kappa shape index (κ1) is 16.7. The zero-order valence-electron chi connectivity index (χ0n) is 12.3. The molecule has 5 nitrogen and oxygen atoms in total. The molecule has 21 heavy (non-hydrogen) atoms. The molecule has 1 atom stereocenters. The normalized spacial score (nSPS) is 18.9. The molecule has 1 aliphatic rings. The molecule has 1 fully saturated rings. The second-order valence-electron chi connectivity index (χ2n) is 5.24. The van der Waals surface area contributed by atoms with Crippen molar-refractivity contribution >= 4 is 21.6 Å². The van der Waals surface area contributed by atoms with Gasteiger partial charge in [-0.2, -0.15) is 4.31 Å². The first-order valence-corrected chi connectivity index (χ1v) is 8.77. The van der Waals surface area contributed by atoms with Gasteiger partial charge in [0.25, 0.3) is 0 Å². The smallest absolute Gasteiger partial charge is 0.243 e. The molecule has 7 heteroatoms. The molecule has 0 aliphatic carbocycles. The maximum atomic E-state index is 12.6. The van der Waals surface area contributed by atoms with Gasteiger partial charge in [-0.05, 0) is 31.2 Å². The topological polar surface area (TPSA) is 49.9 Å². The summed E-state index contributed by atoms with van der Waals surface area (Å²) in [7, 11) is -1.87. The number of likely N-dealkylation sites (N-methyl/N-ethyl adjacent to an activating group) is 1. The lowest BCUT2D eigenvalue weighted by Gasteiger charge is -2.32. The Morgan fingerprint density at radius 2 is 1.86 bits per heavy atom. The fourth-order valence-corrected chi connectivity index (χ4v) is 3.76. The Bertz CT molecular complexity index is 556. The van der Waals surface area contributed by atoms with Crippen molar-refractivity contribution in [3.05, 3.63) is 29.3 Å². The largest absolute Gasteiger partial charge is 0.379 e. The van der Waals surface area contributed by atoms with Crippen LogP contribution in [0, 0.1) is 0 Å². The Kier molecular flexibility index (Phi) is 5.62. The van der Waals surface area contributed by atoms with Gasteiger partial charge in [0.15, 0.2) is 0 Å². The van der Waals surface area contributed by atoms with Crippen molar-refractivity contribution < 1.29 is 13.2 Å². The maximum Gasteiger partial charge on any atom is 0.243 e. The minimum Gasteiger partial charge on any atom is -0.379 e. The van der Waals surface area contributed by atoms with Crippen LogP contribution in [-0.4, -0.2) is 63.6 Å². The third-order valence-electron chi connectivity index (χ3n) is 3.74. The summed E-state index contributed by atoms with van der Waals surface area (Å²) in [5.41, 5.74) is 0. The summed E-state index contributed by atoms with van der Waals surface area (Å²) in [6.45, 7) is 5.73. The van der Waals surface area contributed by atoms with Gasteiger partial charge >= 0.3 is 0 Å².